The Bertz CT molecular complexity index is 617. The van der Waals surface area contributed by atoms with Gasteiger partial charge in [0.25, 0.3) is 0 Å². The van der Waals surface area contributed by atoms with Crippen molar-refractivity contribution in [3.8, 4) is 0 Å². The molecule has 20 heavy (non-hydrogen) atoms. The Balaban J connectivity index is 1.77. The molecule has 0 amide bonds. The summed E-state index contributed by atoms with van der Waals surface area (Å²) in [6.07, 6.45) is 6.95. The molecular formula is C16H21N3O. The highest BCUT2D eigenvalue weighted by molar-refractivity contribution is 5.77. The molecule has 1 fully saturated rings. The Morgan fingerprint density at radius 1 is 1.50 bits per heavy atom. The molecule has 1 unspecified atom stereocenters. The van der Waals surface area contributed by atoms with Crippen LogP contribution < -0.4 is 0 Å². The summed E-state index contributed by atoms with van der Waals surface area (Å²) in [5, 5.41) is 0. The predicted molar refractivity (Wildman–Crippen MR) is 79.1 cm³/mol. The molecule has 2 aromatic rings. The molecule has 1 aliphatic heterocycles. The van der Waals surface area contributed by atoms with E-state index in [-0.39, 0.29) is 0 Å². The normalized spacial score (nSPS) is 20.1. The molecule has 0 bridgehead atoms. The fraction of sp³-hybridized carbons (Fsp3) is 0.500. The molecule has 0 spiro atoms. The molecule has 2 aromatic heterocycles. The van der Waals surface area contributed by atoms with Crippen LogP contribution in [-0.2, 0) is 6.42 Å². The monoisotopic (exact) mass is 271 g/mol. The van der Waals surface area contributed by atoms with E-state index in [0.29, 0.717) is 17.5 Å². The number of nitrogens with zero attached hydrogens (tertiary/aromatic N) is 3. The molecular weight excluding hydrogens is 250 g/mol. The summed E-state index contributed by atoms with van der Waals surface area (Å²) in [7, 11) is 0. The minimum Gasteiger partial charge on any atom is -0.304 e. The summed E-state index contributed by atoms with van der Waals surface area (Å²) in [4.78, 5) is 17.9. The van der Waals surface area contributed by atoms with E-state index in [1.54, 1.807) is 0 Å². The minimum absolute atomic E-state index is 0.632. The number of carbonyl (C=O) groups is 1. The first-order chi connectivity index (χ1) is 9.67. The van der Waals surface area contributed by atoms with Gasteiger partial charge in [-0.05, 0) is 44.9 Å². The van der Waals surface area contributed by atoms with E-state index >= 15 is 0 Å². The lowest BCUT2D eigenvalue weighted by Gasteiger charge is -2.20. The Labute approximate surface area is 119 Å². The van der Waals surface area contributed by atoms with Gasteiger partial charge >= 0.3 is 0 Å². The van der Waals surface area contributed by atoms with Crippen LogP contribution in [-0.4, -0.2) is 39.7 Å². The number of imidazole rings is 1. The first kappa shape index (κ1) is 13.3. The summed E-state index contributed by atoms with van der Waals surface area (Å²) in [6, 6.07) is 4.37. The zero-order valence-corrected chi connectivity index (χ0v) is 12.1. The number of rotatable bonds is 4. The highest BCUT2D eigenvalue weighted by Gasteiger charge is 2.25. The first-order valence-corrected chi connectivity index (χ1v) is 7.32. The Hall–Kier alpha value is -1.68. The molecule has 106 valence electrons. The zero-order chi connectivity index (χ0) is 14.1. The van der Waals surface area contributed by atoms with Gasteiger partial charge in [0.05, 0.1) is 11.7 Å². The summed E-state index contributed by atoms with van der Waals surface area (Å²) < 4.78 is 2.10. The highest BCUT2D eigenvalue weighted by Crippen LogP contribution is 2.22. The molecule has 4 nitrogen and oxygen atoms in total. The fourth-order valence-electron chi connectivity index (χ4n) is 3.05. The van der Waals surface area contributed by atoms with Crippen LogP contribution in [0.15, 0.2) is 24.5 Å². The number of likely N-dealkylation sites (tertiary alicyclic amines) is 1. The standard InChI is InChI=1S/C16H21N3O/c1-12(2)18-5-3-13(10-18)8-16-17-9-15-7-14(11-20)4-6-19(15)16/h4,6-7,9,11-13H,3,5,8,10H2,1-2H3. The van der Waals surface area contributed by atoms with Gasteiger partial charge in [-0.15, -0.1) is 0 Å². The zero-order valence-electron chi connectivity index (χ0n) is 12.1. The van der Waals surface area contributed by atoms with Gasteiger partial charge in [-0.1, -0.05) is 0 Å². The average Bonchev–Trinajstić information content (AvgIpc) is 3.06. The Kier molecular flexibility index (Phi) is 3.57. The van der Waals surface area contributed by atoms with Gasteiger partial charge in [-0.3, -0.25) is 4.79 Å². The van der Waals surface area contributed by atoms with E-state index in [4.69, 9.17) is 0 Å². The van der Waals surface area contributed by atoms with Crippen LogP contribution >= 0.6 is 0 Å². The molecule has 3 rings (SSSR count). The van der Waals surface area contributed by atoms with Gasteiger partial charge in [0.2, 0.25) is 0 Å². The maximum Gasteiger partial charge on any atom is 0.150 e. The predicted octanol–water partition coefficient (Wildman–Crippen LogP) is 2.42. The van der Waals surface area contributed by atoms with Crippen LogP contribution in [0, 0.1) is 5.92 Å². The van der Waals surface area contributed by atoms with Crippen LogP contribution in [0.25, 0.3) is 5.52 Å². The lowest BCUT2D eigenvalue weighted by molar-refractivity contribution is 0.112. The average molecular weight is 271 g/mol. The van der Waals surface area contributed by atoms with Gasteiger partial charge in [0.15, 0.2) is 0 Å². The molecule has 4 heteroatoms. The third kappa shape index (κ3) is 2.48. The van der Waals surface area contributed by atoms with Gasteiger partial charge in [0, 0.05) is 30.8 Å². The number of fused-ring (bicyclic) bond motifs is 1. The molecule has 0 N–H and O–H groups in total. The largest absolute Gasteiger partial charge is 0.304 e. The second-order valence-corrected chi connectivity index (χ2v) is 5.99. The number of pyridine rings is 1. The van der Waals surface area contributed by atoms with Gasteiger partial charge < -0.3 is 9.30 Å². The molecule has 0 saturated carbocycles. The molecule has 0 aromatic carbocycles. The lowest BCUT2D eigenvalue weighted by atomic mass is 10.0. The van der Waals surface area contributed by atoms with E-state index in [1.165, 1.54) is 19.5 Å². The first-order valence-electron chi connectivity index (χ1n) is 7.32. The van der Waals surface area contributed by atoms with Crippen LogP contribution in [0.5, 0.6) is 0 Å². The molecule has 0 radical (unpaired) electrons. The van der Waals surface area contributed by atoms with Crippen molar-refractivity contribution in [2.24, 2.45) is 5.92 Å². The summed E-state index contributed by atoms with van der Waals surface area (Å²) in [5.41, 5.74) is 1.71. The Morgan fingerprint density at radius 2 is 2.35 bits per heavy atom. The van der Waals surface area contributed by atoms with Crippen molar-refractivity contribution >= 4 is 11.8 Å². The van der Waals surface area contributed by atoms with Crippen LogP contribution in [0.3, 0.4) is 0 Å². The number of hydrogen-bond donors (Lipinski definition) is 0. The van der Waals surface area contributed by atoms with E-state index in [0.717, 1.165) is 24.0 Å². The summed E-state index contributed by atoms with van der Waals surface area (Å²) >= 11 is 0. The Morgan fingerprint density at radius 3 is 3.05 bits per heavy atom. The highest BCUT2D eigenvalue weighted by atomic mass is 16.1. The van der Waals surface area contributed by atoms with Crippen molar-refractivity contribution in [1.29, 1.82) is 0 Å². The number of carbonyl (C=O) groups excluding carboxylic acids is 1. The fourth-order valence-corrected chi connectivity index (χ4v) is 3.05. The molecule has 1 aliphatic rings. The van der Waals surface area contributed by atoms with Crippen molar-refractivity contribution in [3.05, 3.63) is 35.9 Å². The van der Waals surface area contributed by atoms with E-state index in [9.17, 15) is 4.79 Å². The molecule has 1 atom stereocenters. The second kappa shape index (κ2) is 5.37. The van der Waals surface area contributed by atoms with Gasteiger partial charge in [-0.25, -0.2) is 4.98 Å². The van der Waals surface area contributed by atoms with Crippen molar-refractivity contribution in [3.63, 3.8) is 0 Å². The number of aromatic nitrogens is 2. The summed E-state index contributed by atoms with van der Waals surface area (Å²) in [5.74, 6) is 1.79. The van der Waals surface area contributed by atoms with E-state index in [2.05, 4.69) is 28.1 Å². The summed E-state index contributed by atoms with van der Waals surface area (Å²) in [6.45, 7) is 6.88. The van der Waals surface area contributed by atoms with Gasteiger partial charge in [-0.2, -0.15) is 0 Å². The van der Waals surface area contributed by atoms with Crippen LogP contribution in [0.1, 0.15) is 36.5 Å². The lowest BCUT2D eigenvalue weighted by Crippen LogP contribution is -2.28. The van der Waals surface area contributed by atoms with Crippen molar-refractivity contribution in [2.75, 3.05) is 13.1 Å². The number of aldehydes is 1. The van der Waals surface area contributed by atoms with Crippen LogP contribution in [0.4, 0.5) is 0 Å². The van der Waals surface area contributed by atoms with E-state index in [1.807, 2.05) is 24.5 Å². The third-order valence-electron chi connectivity index (χ3n) is 4.29. The maximum atomic E-state index is 10.8. The molecule has 3 heterocycles. The van der Waals surface area contributed by atoms with Crippen LogP contribution in [0.2, 0.25) is 0 Å². The smallest absolute Gasteiger partial charge is 0.150 e. The minimum atomic E-state index is 0.632. The third-order valence-corrected chi connectivity index (χ3v) is 4.29. The van der Waals surface area contributed by atoms with Crippen molar-refractivity contribution in [1.82, 2.24) is 14.3 Å². The number of hydrogen-bond acceptors (Lipinski definition) is 3. The van der Waals surface area contributed by atoms with Crippen molar-refractivity contribution in [2.45, 2.75) is 32.7 Å². The quantitative estimate of drug-likeness (QED) is 0.801. The van der Waals surface area contributed by atoms with Gasteiger partial charge in [0.1, 0.15) is 12.1 Å². The second-order valence-electron chi connectivity index (χ2n) is 5.99. The molecule has 0 aliphatic carbocycles. The molecule has 1 saturated heterocycles. The SMILES string of the molecule is CC(C)N1CCC(Cc2ncc3cc(C=O)ccn23)C1. The van der Waals surface area contributed by atoms with Crippen molar-refractivity contribution < 1.29 is 4.79 Å². The van der Waals surface area contributed by atoms with E-state index < -0.39 is 0 Å². The maximum absolute atomic E-state index is 10.8. The topological polar surface area (TPSA) is 37.6 Å².